The monoisotopic (exact) mass is 654 g/mol. The molecule has 6 nitrogen and oxygen atoms in total. The minimum absolute atomic E-state index is 0.0230. The third-order valence-corrected chi connectivity index (χ3v) is 15.2. The van der Waals surface area contributed by atoms with Crippen molar-refractivity contribution < 1.29 is 28.8 Å². The third kappa shape index (κ3) is 11.2. The van der Waals surface area contributed by atoms with Gasteiger partial charge in [-0.3, -0.25) is 0 Å². The van der Waals surface area contributed by atoms with E-state index in [0.717, 1.165) is 42.3 Å². The second-order valence-electron chi connectivity index (χ2n) is 14.0. The van der Waals surface area contributed by atoms with Gasteiger partial charge in [0.25, 0.3) is 0 Å². The van der Waals surface area contributed by atoms with Gasteiger partial charge in [-0.05, 0) is 86.8 Å². The Hall–Kier alpha value is -2.14. The molecule has 0 amide bonds. The SMILES string of the molecule is CCCC[P+](CCCC)(CCCC)CCCCC1(COc2ccc(C(C)(CCC(=O)[O-])c3ccc(OCC4CO4)cc3)cc2)CO1. The molecular weight excluding hydrogens is 595 g/mol. The van der Waals surface area contributed by atoms with Gasteiger partial charge in [-0.1, -0.05) is 71.2 Å². The fourth-order valence-electron chi connectivity index (χ4n) is 6.66. The van der Waals surface area contributed by atoms with Gasteiger partial charge in [-0.2, -0.15) is 0 Å². The molecule has 2 aromatic carbocycles. The Labute approximate surface area is 279 Å². The molecule has 4 rings (SSSR count). The van der Waals surface area contributed by atoms with Crippen molar-refractivity contribution in [3.05, 3.63) is 59.7 Å². The van der Waals surface area contributed by atoms with Crippen molar-refractivity contribution in [1.29, 1.82) is 0 Å². The van der Waals surface area contributed by atoms with Crippen LogP contribution in [0.15, 0.2) is 48.5 Å². The summed E-state index contributed by atoms with van der Waals surface area (Å²) in [5, 5.41) is 11.5. The van der Waals surface area contributed by atoms with E-state index in [-0.39, 0.29) is 18.1 Å². The van der Waals surface area contributed by atoms with Crippen molar-refractivity contribution in [2.75, 3.05) is 51.1 Å². The number of rotatable bonds is 25. The Bertz CT molecular complexity index is 1150. The zero-order chi connectivity index (χ0) is 32.9. The number of benzene rings is 2. The van der Waals surface area contributed by atoms with Crippen LogP contribution in [0.5, 0.6) is 11.5 Å². The molecule has 2 aromatic rings. The van der Waals surface area contributed by atoms with Gasteiger partial charge in [0.1, 0.15) is 36.4 Å². The lowest BCUT2D eigenvalue weighted by Gasteiger charge is -2.32. The van der Waals surface area contributed by atoms with E-state index in [1.54, 1.807) is 0 Å². The summed E-state index contributed by atoms with van der Waals surface area (Å²) < 4.78 is 23.3. The molecule has 0 spiro atoms. The lowest BCUT2D eigenvalue weighted by atomic mass is 9.73. The number of carbonyl (C=O) groups excluding carboxylic acids is 1. The Morgan fingerprint density at radius 1 is 0.848 bits per heavy atom. The predicted octanol–water partition coefficient (Wildman–Crippen LogP) is 8.04. The first kappa shape index (κ1) is 36.7. The summed E-state index contributed by atoms with van der Waals surface area (Å²) in [7, 11) is -0.848. The maximum atomic E-state index is 11.5. The van der Waals surface area contributed by atoms with Crippen LogP contribution in [0.25, 0.3) is 0 Å². The van der Waals surface area contributed by atoms with Gasteiger partial charge in [-0.15, -0.1) is 0 Å². The van der Waals surface area contributed by atoms with Gasteiger partial charge in [-0.25, -0.2) is 0 Å². The van der Waals surface area contributed by atoms with E-state index in [0.29, 0.717) is 19.6 Å². The van der Waals surface area contributed by atoms with Gasteiger partial charge < -0.3 is 28.8 Å². The van der Waals surface area contributed by atoms with E-state index >= 15 is 0 Å². The third-order valence-electron chi connectivity index (χ3n) is 10.2. The van der Waals surface area contributed by atoms with E-state index in [9.17, 15) is 9.90 Å². The van der Waals surface area contributed by atoms with Crippen molar-refractivity contribution in [1.82, 2.24) is 0 Å². The van der Waals surface area contributed by atoms with Crippen LogP contribution in [0.4, 0.5) is 0 Å². The van der Waals surface area contributed by atoms with Crippen LogP contribution in [-0.4, -0.2) is 68.7 Å². The highest BCUT2D eigenvalue weighted by Gasteiger charge is 2.45. The summed E-state index contributed by atoms with van der Waals surface area (Å²) in [5.41, 5.74) is 1.43. The van der Waals surface area contributed by atoms with Crippen LogP contribution < -0.4 is 14.6 Å². The van der Waals surface area contributed by atoms with Gasteiger partial charge >= 0.3 is 0 Å². The van der Waals surface area contributed by atoms with Crippen LogP contribution in [0.3, 0.4) is 0 Å². The maximum Gasteiger partial charge on any atom is 0.125 e. The van der Waals surface area contributed by atoms with Crippen molar-refractivity contribution in [2.45, 2.75) is 115 Å². The maximum absolute atomic E-state index is 11.5. The highest BCUT2D eigenvalue weighted by Crippen LogP contribution is 2.61. The normalized spacial score (nSPS) is 20.2. The molecule has 0 N–H and O–H groups in total. The largest absolute Gasteiger partial charge is 0.550 e. The average molecular weight is 655 g/mol. The Morgan fingerprint density at radius 3 is 1.80 bits per heavy atom. The number of epoxide rings is 2. The fourth-order valence-corrected chi connectivity index (χ4v) is 11.9. The summed E-state index contributed by atoms with van der Waals surface area (Å²) in [5.74, 6) is 0.559. The van der Waals surface area contributed by atoms with Crippen molar-refractivity contribution in [2.24, 2.45) is 0 Å². The van der Waals surface area contributed by atoms with Crippen LogP contribution in [0, 0.1) is 0 Å². The summed E-state index contributed by atoms with van der Waals surface area (Å²) >= 11 is 0. The highest BCUT2D eigenvalue weighted by molar-refractivity contribution is 7.75. The Kier molecular flexibility index (Phi) is 14.2. The van der Waals surface area contributed by atoms with E-state index in [2.05, 4.69) is 39.8 Å². The number of unbranched alkanes of at least 4 members (excludes halogenated alkanes) is 4. The first-order valence-corrected chi connectivity index (χ1v) is 20.6. The number of carboxylic acid groups (broad SMARTS) is 1. The average Bonchev–Trinajstić information content (AvgIpc) is 4.02. The van der Waals surface area contributed by atoms with E-state index < -0.39 is 18.6 Å². The predicted molar refractivity (Wildman–Crippen MR) is 188 cm³/mol. The molecule has 2 heterocycles. The van der Waals surface area contributed by atoms with Crippen LogP contribution in [0.1, 0.15) is 109 Å². The van der Waals surface area contributed by atoms with Gasteiger partial charge in [0, 0.05) is 18.6 Å². The lowest BCUT2D eigenvalue weighted by molar-refractivity contribution is -0.306. The van der Waals surface area contributed by atoms with E-state index in [1.165, 1.54) is 76.0 Å². The standard InChI is InChI=1S/C39H59O6P/c1-5-8-24-46(25-9-6-2,26-10-7-3)27-12-11-22-39(31-45-39)30-44-35-19-15-33(16-20-35)38(4,23-21-37(40)41)32-13-17-34(18-14-32)42-28-36-29-43-36/h13-20,36H,5-12,21-31H2,1-4H3. The topological polar surface area (TPSA) is 83.7 Å². The van der Waals surface area contributed by atoms with Crippen LogP contribution >= 0.6 is 7.26 Å². The van der Waals surface area contributed by atoms with Crippen molar-refractivity contribution in [3.63, 3.8) is 0 Å². The molecule has 0 aliphatic carbocycles. The molecule has 256 valence electrons. The molecule has 3 unspecified atom stereocenters. The van der Waals surface area contributed by atoms with Crippen molar-refractivity contribution in [3.8, 4) is 11.5 Å². The molecule has 2 fully saturated rings. The minimum atomic E-state index is -1.04. The molecule has 2 aliphatic rings. The number of aliphatic carboxylic acids is 1. The molecule has 46 heavy (non-hydrogen) atoms. The smallest absolute Gasteiger partial charge is 0.125 e. The fraction of sp³-hybridized carbons (Fsp3) is 0.667. The molecular formula is C39H59O6P. The molecule has 0 aromatic heterocycles. The second-order valence-corrected chi connectivity index (χ2v) is 18.5. The summed E-state index contributed by atoms with van der Waals surface area (Å²) in [4.78, 5) is 11.5. The van der Waals surface area contributed by atoms with Gasteiger partial charge in [0.15, 0.2) is 0 Å². The van der Waals surface area contributed by atoms with E-state index in [4.69, 9.17) is 18.9 Å². The molecule has 2 saturated heterocycles. The van der Waals surface area contributed by atoms with Crippen LogP contribution in [-0.2, 0) is 19.7 Å². The van der Waals surface area contributed by atoms with Gasteiger partial charge in [0.05, 0.1) is 37.9 Å². The molecule has 7 heteroatoms. The van der Waals surface area contributed by atoms with E-state index in [1.807, 2.05) is 36.4 Å². The quantitative estimate of drug-likeness (QED) is 0.0612. The first-order valence-electron chi connectivity index (χ1n) is 18.0. The first-order chi connectivity index (χ1) is 22.3. The lowest BCUT2D eigenvalue weighted by Crippen LogP contribution is -2.29. The van der Waals surface area contributed by atoms with Crippen LogP contribution in [0.2, 0.25) is 0 Å². The number of hydrogen-bond acceptors (Lipinski definition) is 6. The number of carbonyl (C=O) groups is 1. The number of carboxylic acids is 1. The molecule has 0 bridgehead atoms. The Morgan fingerprint density at radius 2 is 1.35 bits per heavy atom. The zero-order valence-electron chi connectivity index (χ0n) is 29.0. The highest BCUT2D eigenvalue weighted by atomic mass is 31.2. The Balaban J connectivity index is 1.31. The second kappa shape index (κ2) is 17.9. The molecule has 0 radical (unpaired) electrons. The summed E-state index contributed by atoms with van der Waals surface area (Å²) in [6, 6.07) is 16.1. The number of ether oxygens (including phenoxy) is 4. The number of hydrogen-bond donors (Lipinski definition) is 0. The summed E-state index contributed by atoms with van der Waals surface area (Å²) in [6.45, 7) is 11.8. The van der Waals surface area contributed by atoms with Crippen molar-refractivity contribution >= 4 is 13.2 Å². The molecule has 2 aliphatic heterocycles. The van der Waals surface area contributed by atoms with Gasteiger partial charge in [0.2, 0.25) is 0 Å². The molecule has 3 atom stereocenters. The summed E-state index contributed by atoms with van der Waals surface area (Å²) in [6.07, 6.45) is 18.3. The molecule has 0 saturated carbocycles. The zero-order valence-corrected chi connectivity index (χ0v) is 29.9. The minimum Gasteiger partial charge on any atom is -0.550 e.